The first-order valence-corrected chi connectivity index (χ1v) is 10.8. The molecule has 0 radical (unpaired) electrons. The summed E-state index contributed by atoms with van der Waals surface area (Å²) in [6, 6.07) is 17.5. The second-order valence-electron chi connectivity index (χ2n) is 5.98. The summed E-state index contributed by atoms with van der Waals surface area (Å²) in [5.41, 5.74) is 1.03. The number of carbonyl (C=O) groups excluding carboxylic acids is 1. The van der Waals surface area contributed by atoms with Crippen LogP contribution in [0.15, 0.2) is 71.8 Å². The Balaban J connectivity index is 1.47. The third-order valence-corrected chi connectivity index (χ3v) is 6.35. The van der Waals surface area contributed by atoms with E-state index in [-0.39, 0.29) is 16.4 Å². The predicted molar refractivity (Wildman–Crippen MR) is 110 cm³/mol. The molecule has 146 valence electrons. The van der Waals surface area contributed by atoms with E-state index in [1.54, 1.807) is 54.7 Å². The SMILES string of the molecule is O=C(Nc1ccccc1)c1nnc(CNS(=O)(=O)c2cccc3cccnc23)s1. The molecule has 0 saturated carbocycles. The Morgan fingerprint density at radius 3 is 2.59 bits per heavy atom. The molecule has 4 rings (SSSR count). The van der Waals surface area contributed by atoms with Gasteiger partial charge in [0.2, 0.25) is 15.0 Å². The van der Waals surface area contributed by atoms with Crippen LogP contribution in [0.3, 0.4) is 0 Å². The number of hydrogen-bond acceptors (Lipinski definition) is 7. The zero-order valence-corrected chi connectivity index (χ0v) is 16.6. The van der Waals surface area contributed by atoms with Crippen molar-refractivity contribution in [2.75, 3.05) is 5.32 Å². The van der Waals surface area contributed by atoms with Gasteiger partial charge in [-0.15, -0.1) is 10.2 Å². The normalized spacial score (nSPS) is 11.4. The largest absolute Gasteiger partial charge is 0.320 e. The molecular formula is C19H15N5O3S2. The lowest BCUT2D eigenvalue weighted by atomic mass is 10.2. The van der Waals surface area contributed by atoms with Crippen molar-refractivity contribution in [1.82, 2.24) is 19.9 Å². The number of nitrogens with zero attached hydrogens (tertiary/aromatic N) is 3. The number of rotatable bonds is 6. The number of pyridine rings is 1. The smallest absolute Gasteiger partial charge is 0.286 e. The van der Waals surface area contributed by atoms with Crippen molar-refractivity contribution in [3.05, 3.63) is 76.9 Å². The van der Waals surface area contributed by atoms with Crippen LogP contribution in [0.25, 0.3) is 10.9 Å². The molecule has 0 atom stereocenters. The number of sulfonamides is 1. The van der Waals surface area contributed by atoms with Gasteiger partial charge in [0.25, 0.3) is 5.91 Å². The zero-order valence-electron chi connectivity index (χ0n) is 14.9. The first-order valence-electron chi connectivity index (χ1n) is 8.55. The van der Waals surface area contributed by atoms with Crippen molar-refractivity contribution < 1.29 is 13.2 Å². The molecule has 2 heterocycles. The summed E-state index contributed by atoms with van der Waals surface area (Å²) in [4.78, 5) is 16.5. The van der Waals surface area contributed by atoms with Crippen LogP contribution in [0, 0.1) is 0 Å². The average Bonchev–Trinajstić information content (AvgIpc) is 3.22. The molecule has 0 unspecified atom stereocenters. The van der Waals surface area contributed by atoms with Gasteiger partial charge < -0.3 is 5.32 Å². The molecular weight excluding hydrogens is 410 g/mol. The van der Waals surface area contributed by atoms with Crippen LogP contribution >= 0.6 is 11.3 Å². The van der Waals surface area contributed by atoms with Crippen LogP contribution in [0.4, 0.5) is 5.69 Å². The van der Waals surface area contributed by atoms with Crippen LogP contribution in [0.2, 0.25) is 0 Å². The monoisotopic (exact) mass is 425 g/mol. The van der Waals surface area contributed by atoms with Crippen molar-refractivity contribution in [2.24, 2.45) is 0 Å². The van der Waals surface area contributed by atoms with E-state index >= 15 is 0 Å². The number of fused-ring (bicyclic) bond motifs is 1. The van der Waals surface area contributed by atoms with Crippen LogP contribution in [-0.4, -0.2) is 29.5 Å². The molecule has 4 aromatic rings. The highest BCUT2D eigenvalue weighted by Gasteiger charge is 2.19. The van der Waals surface area contributed by atoms with Gasteiger partial charge >= 0.3 is 0 Å². The molecule has 2 N–H and O–H groups in total. The van der Waals surface area contributed by atoms with E-state index in [0.29, 0.717) is 16.2 Å². The van der Waals surface area contributed by atoms with Crippen molar-refractivity contribution in [2.45, 2.75) is 11.4 Å². The van der Waals surface area contributed by atoms with Gasteiger partial charge in [-0.2, -0.15) is 0 Å². The summed E-state index contributed by atoms with van der Waals surface area (Å²) < 4.78 is 27.9. The van der Waals surface area contributed by atoms with E-state index in [1.807, 2.05) is 6.07 Å². The number of aromatic nitrogens is 3. The van der Waals surface area contributed by atoms with Crippen LogP contribution in [-0.2, 0) is 16.6 Å². The van der Waals surface area contributed by atoms with Crippen LogP contribution in [0.1, 0.15) is 14.8 Å². The third-order valence-electron chi connectivity index (χ3n) is 3.99. The maximum Gasteiger partial charge on any atom is 0.286 e. The molecule has 0 aliphatic heterocycles. The highest BCUT2D eigenvalue weighted by Crippen LogP contribution is 2.21. The van der Waals surface area contributed by atoms with Crippen molar-refractivity contribution >= 4 is 43.9 Å². The van der Waals surface area contributed by atoms with Gasteiger partial charge in [0.15, 0.2) is 0 Å². The molecule has 10 heteroatoms. The van der Waals surface area contributed by atoms with Gasteiger partial charge in [0.05, 0.1) is 12.1 Å². The minimum atomic E-state index is -3.82. The summed E-state index contributed by atoms with van der Waals surface area (Å²) in [6.45, 7) is -0.0815. The standard InChI is InChI=1S/C19H15N5O3S2/c25-18(22-14-8-2-1-3-9-14)19-24-23-16(28-19)12-21-29(26,27)15-10-4-6-13-7-5-11-20-17(13)15/h1-11,21H,12H2,(H,22,25). The Hall–Kier alpha value is -3.21. The number of para-hydroxylation sites is 2. The maximum atomic E-state index is 12.7. The van der Waals surface area contributed by atoms with Gasteiger partial charge in [-0.3, -0.25) is 9.78 Å². The second kappa shape index (κ2) is 8.03. The lowest BCUT2D eigenvalue weighted by Crippen LogP contribution is -2.23. The van der Waals surface area contributed by atoms with Crippen molar-refractivity contribution in [1.29, 1.82) is 0 Å². The highest BCUT2D eigenvalue weighted by molar-refractivity contribution is 7.89. The van der Waals surface area contributed by atoms with E-state index in [9.17, 15) is 13.2 Å². The van der Waals surface area contributed by atoms with E-state index in [4.69, 9.17) is 0 Å². The molecule has 0 fully saturated rings. The minimum Gasteiger partial charge on any atom is -0.320 e. The number of nitrogens with one attached hydrogen (secondary N) is 2. The Labute approximate surface area is 170 Å². The van der Waals surface area contributed by atoms with Crippen molar-refractivity contribution in [3.8, 4) is 0 Å². The van der Waals surface area contributed by atoms with Crippen molar-refractivity contribution in [3.63, 3.8) is 0 Å². The summed E-state index contributed by atoms with van der Waals surface area (Å²) in [5.74, 6) is -0.402. The molecule has 0 spiro atoms. The number of anilines is 1. The number of hydrogen-bond donors (Lipinski definition) is 2. The van der Waals surface area contributed by atoms with E-state index in [0.717, 1.165) is 16.7 Å². The highest BCUT2D eigenvalue weighted by atomic mass is 32.2. The zero-order chi connectivity index (χ0) is 20.3. The van der Waals surface area contributed by atoms with E-state index in [2.05, 4.69) is 25.2 Å². The molecule has 0 aliphatic rings. The first kappa shape index (κ1) is 19.1. The topological polar surface area (TPSA) is 114 Å². The summed E-state index contributed by atoms with van der Waals surface area (Å²) in [6.07, 6.45) is 1.55. The van der Waals surface area contributed by atoms with E-state index in [1.165, 1.54) is 6.07 Å². The third kappa shape index (κ3) is 4.29. The van der Waals surface area contributed by atoms with Crippen LogP contribution < -0.4 is 10.0 Å². The molecule has 2 aromatic carbocycles. The Bertz CT molecular complexity index is 1270. The molecule has 0 saturated heterocycles. The Kier molecular flexibility index (Phi) is 5.30. The lowest BCUT2D eigenvalue weighted by Gasteiger charge is -2.07. The molecule has 1 amide bonds. The molecule has 2 aromatic heterocycles. The van der Waals surface area contributed by atoms with Gasteiger partial charge in [-0.25, -0.2) is 13.1 Å². The Morgan fingerprint density at radius 1 is 0.966 bits per heavy atom. The first-order chi connectivity index (χ1) is 14.0. The Morgan fingerprint density at radius 2 is 1.76 bits per heavy atom. The summed E-state index contributed by atoms with van der Waals surface area (Å²) in [5, 5.41) is 11.7. The number of amides is 1. The van der Waals surface area contributed by atoms with E-state index < -0.39 is 15.9 Å². The molecule has 29 heavy (non-hydrogen) atoms. The fourth-order valence-corrected chi connectivity index (χ4v) is 4.58. The van der Waals surface area contributed by atoms with Gasteiger partial charge in [0.1, 0.15) is 9.90 Å². The fourth-order valence-electron chi connectivity index (χ4n) is 2.65. The van der Waals surface area contributed by atoms with Gasteiger partial charge in [0, 0.05) is 17.3 Å². The quantitative estimate of drug-likeness (QED) is 0.491. The second-order valence-corrected chi connectivity index (χ2v) is 8.77. The molecule has 0 bridgehead atoms. The molecule has 8 nitrogen and oxygen atoms in total. The summed E-state index contributed by atoms with van der Waals surface area (Å²) >= 11 is 1.02. The van der Waals surface area contributed by atoms with Gasteiger partial charge in [-0.05, 0) is 24.3 Å². The van der Waals surface area contributed by atoms with Crippen LogP contribution in [0.5, 0.6) is 0 Å². The predicted octanol–water partition coefficient (Wildman–Crippen LogP) is 2.82. The summed E-state index contributed by atoms with van der Waals surface area (Å²) in [7, 11) is -3.82. The number of benzene rings is 2. The fraction of sp³-hybridized carbons (Fsp3) is 0.0526. The number of carbonyl (C=O) groups is 1. The maximum absolute atomic E-state index is 12.7. The minimum absolute atomic E-state index is 0.0815. The lowest BCUT2D eigenvalue weighted by molar-refractivity contribution is 0.102. The average molecular weight is 425 g/mol. The van der Waals surface area contributed by atoms with Gasteiger partial charge in [-0.1, -0.05) is 47.7 Å². The molecule has 0 aliphatic carbocycles.